The first-order valence-corrected chi connectivity index (χ1v) is 5.82. The number of benzene rings is 2. The Hall–Kier alpha value is -2.41. The molecule has 0 atom stereocenters. The number of halogens is 3. The highest BCUT2D eigenvalue weighted by Crippen LogP contribution is 2.30. The molecule has 0 N–H and O–H groups in total. The van der Waals surface area contributed by atoms with Gasteiger partial charge in [0.2, 0.25) is 0 Å². The molecule has 0 aliphatic heterocycles. The van der Waals surface area contributed by atoms with Gasteiger partial charge in [0.1, 0.15) is 5.75 Å². The fraction of sp³-hybridized carbons (Fsp3) is 0.125. The molecule has 0 radical (unpaired) electrons. The zero-order chi connectivity index (χ0) is 14.8. The van der Waals surface area contributed by atoms with Crippen LogP contribution < -0.4 is 4.74 Å². The Morgan fingerprint density at radius 3 is 2.40 bits per heavy atom. The lowest BCUT2D eigenvalue weighted by Gasteiger charge is -2.11. The zero-order valence-corrected chi connectivity index (χ0v) is 10.7. The van der Waals surface area contributed by atoms with E-state index in [1.165, 1.54) is 12.1 Å². The van der Waals surface area contributed by atoms with Crippen molar-refractivity contribution in [1.29, 1.82) is 0 Å². The SMILES string of the molecule is C#Cc1cc(OC(F)(F)F)cc(-c2cccc(C)c2)c1. The normalized spacial score (nSPS) is 10.9. The highest BCUT2D eigenvalue weighted by atomic mass is 19.4. The molecule has 4 heteroatoms. The summed E-state index contributed by atoms with van der Waals surface area (Å²) in [5.41, 5.74) is 2.72. The van der Waals surface area contributed by atoms with Gasteiger partial charge >= 0.3 is 6.36 Å². The molecule has 2 rings (SSSR count). The molecule has 20 heavy (non-hydrogen) atoms. The van der Waals surface area contributed by atoms with Gasteiger partial charge in [-0.05, 0) is 36.2 Å². The summed E-state index contributed by atoms with van der Waals surface area (Å²) in [6.45, 7) is 1.90. The summed E-state index contributed by atoms with van der Waals surface area (Å²) in [6, 6.07) is 11.6. The first kappa shape index (κ1) is 14.0. The molecule has 1 nitrogen and oxygen atoms in total. The molecular weight excluding hydrogens is 265 g/mol. The Labute approximate surface area is 115 Å². The van der Waals surface area contributed by atoms with Crippen LogP contribution in [0.5, 0.6) is 5.75 Å². The van der Waals surface area contributed by atoms with E-state index in [0.717, 1.165) is 11.1 Å². The molecule has 0 unspecified atom stereocenters. The van der Waals surface area contributed by atoms with Crippen molar-refractivity contribution < 1.29 is 17.9 Å². The number of terminal acetylenes is 1. The molecular formula is C16H11F3O. The average Bonchev–Trinajstić information content (AvgIpc) is 2.36. The Kier molecular flexibility index (Phi) is 3.71. The highest BCUT2D eigenvalue weighted by Gasteiger charge is 2.31. The molecule has 2 aromatic carbocycles. The second kappa shape index (κ2) is 5.30. The van der Waals surface area contributed by atoms with Gasteiger partial charge < -0.3 is 4.74 Å². The Balaban J connectivity index is 2.49. The maximum Gasteiger partial charge on any atom is 0.573 e. The summed E-state index contributed by atoms with van der Waals surface area (Å²) >= 11 is 0. The Morgan fingerprint density at radius 2 is 1.80 bits per heavy atom. The summed E-state index contributed by atoms with van der Waals surface area (Å²) < 4.78 is 40.8. The van der Waals surface area contributed by atoms with Crippen LogP contribution in [0.3, 0.4) is 0 Å². The van der Waals surface area contributed by atoms with Crippen molar-refractivity contribution >= 4 is 0 Å². The number of rotatable bonds is 2. The fourth-order valence-corrected chi connectivity index (χ4v) is 1.87. The lowest BCUT2D eigenvalue weighted by molar-refractivity contribution is -0.274. The van der Waals surface area contributed by atoms with Crippen LogP contribution in [0.1, 0.15) is 11.1 Å². The van der Waals surface area contributed by atoms with E-state index in [4.69, 9.17) is 6.42 Å². The second-order valence-corrected chi connectivity index (χ2v) is 4.31. The predicted octanol–water partition coefficient (Wildman–Crippen LogP) is 4.54. The molecule has 0 aromatic heterocycles. The van der Waals surface area contributed by atoms with Crippen LogP contribution in [0.4, 0.5) is 13.2 Å². The number of aryl methyl sites for hydroxylation is 1. The van der Waals surface area contributed by atoms with Crippen molar-refractivity contribution in [3.8, 4) is 29.2 Å². The predicted molar refractivity (Wildman–Crippen MR) is 71.2 cm³/mol. The molecule has 0 fully saturated rings. The quantitative estimate of drug-likeness (QED) is 0.732. The van der Waals surface area contributed by atoms with Crippen molar-refractivity contribution in [3.05, 3.63) is 53.6 Å². The van der Waals surface area contributed by atoms with E-state index in [0.29, 0.717) is 11.1 Å². The number of hydrogen-bond acceptors (Lipinski definition) is 1. The van der Waals surface area contributed by atoms with Crippen LogP contribution in [0, 0.1) is 19.3 Å². The summed E-state index contributed by atoms with van der Waals surface area (Å²) in [5, 5.41) is 0. The molecule has 0 aliphatic carbocycles. The van der Waals surface area contributed by atoms with Gasteiger partial charge in [0, 0.05) is 5.56 Å². The van der Waals surface area contributed by atoms with Crippen LogP contribution in [0.25, 0.3) is 11.1 Å². The number of alkyl halides is 3. The van der Waals surface area contributed by atoms with Gasteiger partial charge in [-0.2, -0.15) is 0 Å². The van der Waals surface area contributed by atoms with Crippen LogP contribution >= 0.6 is 0 Å². The first-order chi connectivity index (χ1) is 9.37. The summed E-state index contributed by atoms with van der Waals surface area (Å²) in [4.78, 5) is 0. The van der Waals surface area contributed by atoms with Gasteiger partial charge in [-0.15, -0.1) is 19.6 Å². The number of hydrogen-bond donors (Lipinski definition) is 0. The van der Waals surface area contributed by atoms with Crippen molar-refractivity contribution in [3.63, 3.8) is 0 Å². The van der Waals surface area contributed by atoms with E-state index < -0.39 is 6.36 Å². The van der Waals surface area contributed by atoms with Gasteiger partial charge in [-0.3, -0.25) is 0 Å². The van der Waals surface area contributed by atoms with Crippen molar-refractivity contribution in [2.45, 2.75) is 13.3 Å². The molecule has 0 heterocycles. The molecule has 0 bridgehead atoms. The van der Waals surface area contributed by atoms with Crippen molar-refractivity contribution in [1.82, 2.24) is 0 Å². The van der Waals surface area contributed by atoms with Crippen LogP contribution in [-0.4, -0.2) is 6.36 Å². The van der Waals surface area contributed by atoms with E-state index in [9.17, 15) is 13.2 Å². The summed E-state index contributed by atoms with van der Waals surface area (Å²) in [5.74, 6) is 2.02. The van der Waals surface area contributed by atoms with Gasteiger partial charge in [0.25, 0.3) is 0 Å². The first-order valence-electron chi connectivity index (χ1n) is 5.82. The summed E-state index contributed by atoms with van der Waals surface area (Å²) in [7, 11) is 0. The Morgan fingerprint density at radius 1 is 1.05 bits per heavy atom. The minimum absolute atomic E-state index is 0.315. The van der Waals surface area contributed by atoms with Gasteiger partial charge in [-0.1, -0.05) is 35.7 Å². The van der Waals surface area contributed by atoms with Crippen LogP contribution in [0.15, 0.2) is 42.5 Å². The molecule has 0 saturated heterocycles. The standard InChI is InChI=1S/C16H11F3O/c1-3-12-8-14(13-6-4-5-11(2)7-13)10-15(9-12)20-16(17,18)19/h1,4-10H,2H3. The highest BCUT2D eigenvalue weighted by molar-refractivity contribution is 5.68. The smallest absolute Gasteiger partial charge is 0.406 e. The summed E-state index contributed by atoms with van der Waals surface area (Å²) in [6.07, 6.45) is 0.534. The molecule has 0 saturated carbocycles. The Bertz CT molecular complexity index is 666. The van der Waals surface area contributed by atoms with E-state index in [1.807, 2.05) is 25.1 Å². The lowest BCUT2D eigenvalue weighted by Crippen LogP contribution is -2.17. The minimum Gasteiger partial charge on any atom is -0.406 e. The van der Waals surface area contributed by atoms with Gasteiger partial charge in [0.05, 0.1) is 0 Å². The van der Waals surface area contributed by atoms with Crippen LogP contribution in [-0.2, 0) is 0 Å². The van der Waals surface area contributed by atoms with E-state index in [2.05, 4.69) is 10.7 Å². The number of ether oxygens (including phenoxy) is 1. The third kappa shape index (κ3) is 3.55. The molecule has 0 amide bonds. The monoisotopic (exact) mass is 276 g/mol. The van der Waals surface area contributed by atoms with Crippen molar-refractivity contribution in [2.75, 3.05) is 0 Å². The third-order valence-electron chi connectivity index (χ3n) is 2.66. The molecule has 0 aliphatic rings. The van der Waals surface area contributed by atoms with Gasteiger partial charge in [0.15, 0.2) is 0 Å². The minimum atomic E-state index is -4.74. The van der Waals surface area contributed by atoms with E-state index in [-0.39, 0.29) is 5.75 Å². The topological polar surface area (TPSA) is 9.23 Å². The fourth-order valence-electron chi connectivity index (χ4n) is 1.87. The second-order valence-electron chi connectivity index (χ2n) is 4.31. The zero-order valence-electron chi connectivity index (χ0n) is 10.7. The third-order valence-corrected chi connectivity index (χ3v) is 2.66. The molecule has 2 aromatic rings. The average molecular weight is 276 g/mol. The largest absolute Gasteiger partial charge is 0.573 e. The molecule has 0 spiro atoms. The van der Waals surface area contributed by atoms with Gasteiger partial charge in [-0.25, -0.2) is 0 Å². The lowest BCUT2D eigenvalue weighted by atomic mass is 10.0. The van der Waals surface area contributed by atoms with Crippen LogP contribution in [0.2, 0.25) is 0 Å². The van der Waals surface area contributed by atoms with E-state index in [1.54, 1.807) is 12.1 Å². The van der Waals surface area contributed by atoms with E-state index >= 15 is 0 Å². The maximum atomic E-state index is 12.3. The maximum absolute atomic E-state index is 12.3. The molecule has 102 valence electrons. The van der Waals surface area contributed by atoms with Crippen molar-refractivity contribution in [2.24, 2.45) is 0 Å².